The fraction of sp³-hybridized carbons (Fsp3) is 0.308. The van der Waals surface area contributed by atoms with Crippen molar-refractivity contribution in [2.45, 2.75) is 11.4 Å². The number of hydrogen-bond acceptors (Lipinski definition) is 5. The smallest absolute Gasteiger partial charge is 0.240 e. The van der Waals surface area contributed by atoms with Crippen molar-refractivity contribution in [3.05, 3.63) is 82.3 Å². The van der Waals surface area contributed by atoms with Crippen molar-refractivity contribution < 1.29 is 13.2 Å². The summed E-state index contributed by atoms with van der Waals surface area (Å²) in [6, 6.07) is 20.0. The van der Waals surface area contributed by atoms with Gasteiger partial charge in [-0.05, 0) is 66.7 Å². The molecule has 0 aromatic heterocycles. The Labute approximate surface area is 217 Å². The van der Waals surface area contributed by atoms with Crippen molar-refractivity contribution >= 4 is 33.2 Å². The van der Waals surface area contributed by atoms with Gasteiger partial charge in [-0.15, -0.1) is 0 Å². The Morgan fingerprint density at radius 2 is 1.46 bits per heavy atom. The van der Waals surface area contributed by atoms with E-state index < -0.39 is 10.0 Å². The molecule has 6 nitrogen and oxygen atoms in total. The molecular weight excluding hydrogens is 505 g/mol. The van der Waals surface area contributed by atoms with Crippen molar-refractivity contribution in [1.82, 2.24) is 14.5 Å². The summed E-state index contributed by atoms with van der Waals surface area (Å²) in [6.07, 6.45) is 0. The molecule has 4 rings (SSSR count). The Morgan fingerprint density at radius 3 is 2.11 bits per heavy atom. The largest absolute Gasteiger partial charge is 0.492 e. The highest BCUT2D eigenvalue weighted by Gasteiger charge is 2.17. The van der Waals surface area contributed by atoms with E-state index in [2.05, 4.69) is 27.6 Å². The molecule has 186 valence electrons. The molecule has 1 fully saturated rings. The van der Waals surface area contributed by atoms with Crippen LogP contribution in [0.5, 0.6) is 5.75 Å². The number of nitrogens with one attached hydrogen (secondary N) is 1. The molecule has 3 aromatic carbocycles. The van der Waals surface area contributed by atoms with Crippen molar-refractivity contribution in [2.75, 3.05) is 46.4 Å². The molecule has 0 amide bonds. The standard InChI is InChI=1S/C26H29Cl2N3O3S/c1-30-13-15-31(16-14-30)19-22-18-21(20-2-5-23(27)6-3-20)4-11-26(22)34-17-12-29-35(32,33)25-9-7-24(28)8-10-25/h2-11,18,29H,12-17,19H2,1H3. The second kappa shape index (κ2) is 11.7. The molecule has 0 saturated carbocycles. The van der Waals surface area contributed by atoms with E-state index in [-0.39, 0.29) is 18.0 Å². The maximum absolute atomic E-state index is 12.5. The van der Waals surface area contributed by atoms with Gasteiger partial charge in [0, 0.05) is 54.9 Å². The Bertz CT molecular complexity index is 1230. The Kier molecular flexibility index (Phi) is 8.70. The van der Waals surface area contributed by atoms with E-state index in [1.54, 1.807) is 12.1 Å². The Balaban J connectivity index is 1.45. The number of rotatable bonds is 9. The molecule has 1 aliphatic heterocycles. The predicted octanol–water partition coefficient (Wildman–Crippen LogP) is 4.77. The summed E-state index contributed by atoms with van der Waals surface area (Å²) in [7, 11) is -1.49. The maximum Gasteiger partial charge on any atom is 0.240 e. The normalized spacial score (nSPS) is 15.3. The molecule has 0 aliphatic carbocycles. The fourth-order valence-electron chi connectivity index (χ4n) is 3.95. The molecule has 0 spiro atoms. The van der Waals surface area contributed by atoms with Crippen molar-refractivity contribution in [3.8, 4) is 16.9 Å². The number of ether oxygens (including phenoxy) is 1. The van der Waals surface area contributed by atoms with Gasteiger partial charge in [-0.1, -0.05) is 41.4 Å². The lowest BCUT2D eigenvalue weighted by Crippen LogP contribution is -2.43. The average molecular weight is 535 g/mol. The Hall–Kier alpha value is -2.13. The van der Waals surface area contributed by atoms with Crippen LogP contribution in [0.15, 0.2) is 71.6 Å². The molecule has 35 heavy (non-hydrogen) atoms. The number of halogens is 2. The topological polar surface area (TPSA) is 61.9 Å². The molecule has 0 radical (unpaired) electrons. The lowest BCUT2D eigenvalue weighted by atomic mass is 10.0. The molecule has 9 heteroatoms. The van der Waals surface area contributed by atoms with E-state index in [1.165, 1.54) is 12.1 Å². The molecule has 0 unspecified atom stereocenters. The van der Waals surface area contributed by atoms with Crippen molar-refractivity contribution in [3.63, 3.8) is 0 Å². The van der Waals surface area contributed by atoms with Gasteiger partial charge >= 0.3 is 0 Å². The van der Waals surface area contributed by atoms with Gasteiger partial charge in [0.1, 0.15) is 12.4 Å². The van der Waals surface area contributed by atoms with E-state index in [9.17, 15) is 8.42 Å². The fourth-order valence-corrected chi connectivity index (χ4v) is 5.21. The number of piperazine rings is 1. The minimum Gasteiger partial charge on any atom is -0.492 e. The first-order valence-electron chi connectivity index (χ1n) is 11.5. The van der Waals surface area contributed by atoms with Crippen LogP contribution in [0.3, 0.4) is 0 Å². The minimum atomic E-state index is -3.63. The van der Waals surface area contributed by atoms with Crippen molar-refractivity contribution in [1.29, 1.82) is 0 Å². The van der Waals surface area contributed by atoms with Crippen LogP contribution in [0, 0.1) is 0 Å². The number of hydrogen-bond donors (Lipinski definition) is 1. The van der Waals surface area contributed by atoms with Gasteiger partial charge in [0.2, 0.25) is 10.0 Å². The first-order chi connectivity index (χ1) is 16.8. The van der Waals surface area contributed by atoms with Gasteiger partial charge in [0.05, 0.1) is 4.90 Å². The molecule has 3 aromatic rings. The summed E-state index contributed by atoms with van der Waals surface area (Å²) < 4.78 is 33.7. The Morgan fingerprint density at radius 1 is 0.857 bits per heavy atom. The third-order valence-corrected chi connectivity index (χ3v) is 7.98. The lowest BCUT2D eigenvalue weighted by molar-refractivity contribution is 0.146. The summed E-state index contributed by atoms with van der Waals surface area (Å²) in [4.78, 5) is 4.91. The quantitative estimate of drug-likeness (QED) is 0.401. The van der Waals surface area contributed by atoms with Crippen LogP contribution in [0.1, 0.15) is 5.56 Å². The van der Waals surface area contributed by atoms with E-state index in [0.29, 0.717) is 10.0 Å². The predicted molar refractivity (Wildman–Crippen MR) is 142 cm³/mol. The number of sulfonamides is 1. The SMILES string of the molecule is CN1CCN(Cc2cc(-c3ccc(Cl)cc3)ccc2OCCNS(=O)(=O)c2ccc(Cl)cc2)CC1. The number of benzene rings is 3. The number of nitrogens with zero attached hydrogens (tertiary/aromatic N) is 2. The zero-order valence-electron chi connectivity index (χ0n) is 19.6. The highest BCUT2D eigenvalue weighted by atomic mass is 35.5. The third kappa shape index (κ3) is 7.19. The van der Waals surface area contributed by atoms with Crippen LogP contribution < -0.4 is 9.46 Å². The summed E-state index contributed by atoms with van der Waals surface area (Å²) in [5, 5.41) is 1.19. The van der Waals surface area contributed by atoms with Gasteiger partial charge in [-0.25, -0.2) is 13.1 Å². The van der Waals surface area contributed by atoms with Crippen LogP contribution in [-0.2, 0) is 16.6 Å². The van der Waals surface area contributed by atoms with E-state index >= 15 is 0 Å². The molecule has 1 heterocycles. The van der Waals surface area contributed by atoms with Gasteiger partial charge in [0.15, 0.2) is 0 Å². The van der Waals surface area contributed by atoms with Crippen LogP contribution in [0.25, 0.3) is 11.1 Å². The minimum absolute atomic E-state index is 0.151. The van der Waals surface area contributed by atoms with Crippen LogP contribution in [0.4, 0.5) is 0 Å². The van der Waals surface area contributed by atoms with Crippen molar-refractivity contribution in [2.24, 2.45) is 0 Å². The molecule has 0 bridgehead atoms. The molecule has 0 atom stereocenters. The summed E-state index contributed by atoms with van der Waals surface area (Å²) in [5.41, 5.74) is 3.24. The molecule has 1 saturated heterocycles. The molecule has 1 N–H and O–H groups in total. The van der Waals surface area contributed by atoms with Gasteiger partial charge in [-0.3, -0.25) is 4.90 Å². The van der Waals surface area contributed by atoms with Crippen LogP contribution >= 0.6 is 23.2 Å². The van der Waals surface area contributed by atoms with Gasteiger partial charge in [-0.2, -0.15) is 0 Å². The van der Waals surface area contributed by atoms with Crippen LogP contribution in [0.2, 0.25) is 10.0 Å². The highest BCUT2D eigenvalue weighted by Crippen LogP contribution is 2.29. The zero-order chi connectivity index (χ0) is 24.8. The first-order valence-corrected chi connectivity index (χ1v) is 13.7. The van der Waals surface area contributed by atoms with E-state index in [0.717, 1.165) is 55.2 Å². The van der Waals surface area contributed by atoms with E-state index in [1.807, 2.05) is 36.4 Å². The molecule has 1 aliphatic rings. The highest BCUT2D eigenvalue weighted by molar-refractivity contribution is 7.89. The summed E-state index contributed by atoms with van der Waals surface area (Å²) >= 11 is 11.9. The second-order valence-electron chi connectivity index (χ2n) is 8.61. The average Bonchev–Trinajstić information content (AvgIpc) is 2.85. The number of likely N-dealkylation sites (N-methyl/N-ethyl adjacent to an activating group) is 1. The molecular formula is C26H29Cl2N3O3S. The third-order valence-electron chi connectivity index (χ3n) is 6.00. The lowest BCUT2D eigenvalue weighted by Gasteiger charge is -2.32. The monoisotopic (exact) mass is 533 g/mol. The summed E-state index contributed by atoms with van der Waals surface area (Å²) in [5.74, 6) is 0.757. The first kappa shape index (κ1) is 25.9. The second-order valence-corrected chi connectivity index (χ2v) is 11.2. The van der Waals surface area contributed by atoms with Gasteiger partial charge in [0.25, 0.3) is 0 Å². The zero-order valence-corrected chi connectivity index (χ0v) is 21.9. The van der Waals surface area contributed by atoms with E-state index in [4.69, 9.17) is 27.9 Å². The van der Waals surface area contributed by atoms with Crippen LogP contribution in [-0.4, -0.2) is 64.6 Å². The van der Waals surface area contributed by atoms with Gasteiger partial charge < -0.3 is 9.64 Å². The maximum atomic E-state index is 12.5. The summed E-state index contributed by atoms with van der Waals surface area (Å²) in [6.45, 7) is 5.16.